The second-order valence-electron chi connectivity index (χ2n) is 4.88. The smallest absolute Gasteiger partial charge is 0.154 e. The van der Waals surface area contributed by atoms with E-state index in [1.165, 1.54) is 0 Å². The van der Waals surface area contributed by atoms with E-state index in [0.717, 1.165) is 28.1 Å². The molecule has 2 aromatic heterocycles. The number of rotatable bonds is 3. The van der Waals surface area contributed by atoms with E-state index in [0.29, 0.717) is 0 Å². The molecule has 1 atom stereocenters. The van der Waals surface area contributed by atoms with Gasteiger partial charge in [-0.15, -0.1) is 0 Å². The summed E-state index contributed by atoms with van der Waals surface area (Å²) in [5.41, 5.74) is 9.77. The van der Waals surface area contributed by atoms with Crippen molar-refractivity contribution in [2.45, 2.75) is 13.0 Å². The molecule has 3 N–H and O–H groups in total. The Bertz CT molecular complexity index is 747. The molecule has 0 fully saturated rings. The summed E-state index contributed by atoms with van der Waals surface area (Å²) in [6.45, 7) is 2.06. The number of nitrogens with zero attached hydrogens (tertiary/aromatic N) is 3. The maximum absolute atomic E-state index is 6.01. The summed E-state index contributed by atoms with van der Waals surface area (Å²) in [6, 6.07) is 9.86. The van der Waals surface area contributed by atoms with Gasteiger partial charge in [0.2, 0.25) is 0 Å². The molecule has 0 amide bonds. The fraction of sp³-hybridized carbons (Fsp3) is 0.200. The third-order valence-corrected chi connectivity index (χ3v) is 3.46. The summed E-state index contributed by atoms with van der Waals surface area (Å²) in [4.78, 5) is 8.78. The molecule has 0 aliphatic carbocycles. The summed E-state index contributed by atoms with van der Waals surface area (Å²) < 4.78 is 1.98. The summed E-state index contributed by atoms with van der Waals surface area (Å²) >= 11 is 0. The predicted molar refractivity (Wildman–Crippen MR) is 81.4 cm³/mol. The lowest BCUT2D eigenvalue weighted by Crippen LogP contribution is -2.10. The molecule has 102 valence electrons. The van der Waals surface area contributed by atoms with Gasteiger partial charge in [0.05, 0.1) is 17.9 Å². The minimum absolute atomic E-state index is 0.0660. The largest absolute Gasteiger partial charge is 0.398 e. The highest BCUT2D eigenvalue weighted by Crippen LogP contribution is 2.26. The van der Waals surface area contributed by atoms with E-state index in [2.05, 4.69) is 22.2 Å². The Balaban J connectivity index is 1.95. The first-order valence-electron chi connectivity index (χ1n) is 6.54. The number of nitrogen functional groups attached to an aromatic ring is 1. The van der Waals surface area contributed by atoms with Crippen molar-refractivity contribution in [2.75, 3.05) is 11.1 Å². The Morgan fingerprint density at radius 1 is 1.20 bits per heavy atom. The fourth-order valence-electron chi connectivity index (χ4n) is 2.36. The third kappa shape index (κ3) is 2.07. The second-order valence-corrected chi connectivity index (χ2v) is 4.88. The molecule has 1 unspecified atom stereocenters. The van der Waals surface area contributed by atoms with E-state index in [1.807, 2.05) is 41.9 Å². The van der Waals surface area contributed by atoms with E-state index in [-0.39, 0.29) is 6.04 Å². The number of nitrogens with two attached hydrogens (primary N) is 1. The molecule has 0 radical (unpaired) electrons. The van der Waals surface area contributed by atoms with Gasteiger partial charge in [-0.3, -0.25) is 0 Å². The van der Waals surface area contributed by atoms with Crippen molar-refractivity contribution in [3.63, 3.8) is 0 Å². The van der Waals surface area contributed by atoms with Crippen LogP contribution in [0.15, 0.2) is 42.9 Å². The van der Waals surface area contributed by atoms with Gasteiger partial charge in [0.1, 0.15) is 5.52 Å². The zero-order chi connectivity index (χ0) is 14.1. The Labute approximate surface area is 117 Å². The maximum Gasteiger partial charge on any atom is 0.154 e. The summed E-state index contributed by atoms with van der Waals surface area (Å²) in [7, 11) is 1.97. The van der Waals surface area contributed by atoms with Gasteiger partial charge in [-0.05, 0) is 24.6 Å². The Kier molecular flexibility index (Phi) is 3.02. The number of pyridine rings is 1. The number of fused-ring (bicyclic) bond motifs is 1. The van der Waals surface area contributed by atoms with Gasteiger partial charge in [0, 0.05) is 18.9 Å². The van der Waals surface area contributed by atoms with Crippen LogP contribution in [-0.4, -0.2) is 14.5 Å². The van der Waals surface area contributed by atoms with Crippen LogP contribution >= 0.6 is 0 Å². The molecule has 1 aromatic carbocycles. The van der Waals surface area contributed by atoms with Crippen LogP contribution < -0.4 is 11.1 Å². The van der Waals surface area contributed by atoms with E-state index in [9.17, 15) is 0 Å². The van der Waals surface area contributed by atoms with Crippen molar-refractivity contribution >= 4 is 22.5 Å². The lowest BCUT2D eigenvalue weighted by atomic mass is 10.1. The van der Waals surface area contributed by atoms with Crippen molar-refractivity contribution in [3.05, 3.63) is 48.4 Å². The summed E-state index contributed by atoms with van der Waals surface area (Å²) in [5, 5.41) is 3.39. The minimum Gasteiger partial charge on any atom is -0.398 e. The van der Waals surface area contributed by atoms with E-state index >= 15 is 0 Å². The minimum atomic E-state index is 0.0660. The number of aryl methyl sites for hydroxylation is 1. The molecule has 0 aliphatic rings. The monoisotopic (exact) mass is 267 g/mol. The molecule has 20 heavy (non-hydrogen) atoms. The van der Waals surface area contributed by atoms with Gasteiger partial charge < -0.3 is 15.6 Å². The Morgan fingerprint density at radius 3 is 2.80 bits per heavy atom. The zero-order valence-electron chi connectivity index (χ0n) is 11.5. The molecule has 5 heteroatoms. The quantitative estimate of drug-likeness (QED) is 0.716. The summed E-state index contributed by atoms with van der Waals surface area (Å²) in [6.07, 6.45) is 3.58. The molecule has 0 saturated heterocycles. The zero-order valence-corrected chi connectivity index (χ0v) is 11.5. The van der Waals surface area contributed by atoms with Crippen molar-refractivity contribution < 1.29 is 0 Å². The molecule has 5 nitrogen and oxygen atoms in total. The molecular formula is C15H17N5. The first-order valence-corrected chi connectivity index (χ1v) is 6.54. The number of aromatic nitrogens is 3. The van der Waals surface area contributed by atoms with Crippen LogP contribution in [0, 0.1) is 0 Å². The molecule has 0 aliphatic heterocycles. The average Bonchev–Trinajstić information content (AvgIpc) is 2.82. The number of hydrogen-bond donors (Lipinski definition) is 2. The van der Waals surface area contributed by atoms with E-state index in [1.54, 1.807) is 12.5 Å². The highest BCUT2D eigenvalue weighted by atomic mass is 15.1. The standard InChI is InChI=1S/C15H17N5/c1-10(11-5-3-4-6-12(11)16)19-15-14-13(7-8-17-15)20(2)9-18-14/h3-10H,16H2,1-2H3,(H,17,19). The fourth-order valence-corrected chi connectivity index (χ4v) is 2.36. The molecule has 3 rings (SSSR count). The number of hydrogen-bond acceptors (Lipinski definition) is 4. The third-order valence-electron chi connectivity index (χ3n) is 3.46. The molecule has 0 bridgehead atoms. The van der Waals surface area contributed by atoms with Gasteiger partial charge in [0.25, 0.3) is 0 Å². The maximum atomic E-state index is 6.01. The predicted octanol–water partition coefficient (Wildman–Crippen LogP) is 2.72. The van der Waals surface area contributed by atoms with Gasteiger partial charge in [-0.2, -0.15) is 0 Å². The Morgan fingerprint density at radius 2 is 2.00 bits per heavy atom. The molecule has 3 aromatic rings. The highest BCUT2D eigenvalue weighted by molar-refractivity contribution is 5.85. The number of benzene rings is 1. The lowest BCUT2D eigenvalue weighted by molar-refractivity contribution is 0.880. The average molecular weight is 267 g/mol. The van der Waals surface area contributed by atoms with Crippen LogP contribution in [-0.2, 0) is 7.05 Å². The van der Waals surface area contributed by atoms with Crippen LogP contribution in [0.2, 0.25) is 0 Å². The first-order chi connectivity index (χ1) is 9.66. The van der Waals surface area contributed by atoms with Gasteiger partial charge in [-0.25, -0.2) is 9.97 Å². The van der Waals surface area contributed by atoms with E-state index < -0.39 is 0 Å². The topological polar surface area (TPSA) is 68.8 Å². The highest BCUT2D eigenvalue weighted by Gasteiger charge is 2.12. The normalized spacial score (nSPS) is 12.5. The molecule has 0 spiro atoms. The van der Waals surface area contributed by atoms with E-state index in [4.69, 9.17) is 5.73 Å². The SMILES string of the molecule is CC(Nc1nccc2c1ncn2C)c1ccccc1N. The van der Waals surface area contributed by atoms with Gasteiger partial charge >= 0.3 is 0 Å². The van der Waals surface area contributed by atoms with Crippen LogP contribution in [0.3, 0.4) is 0 Å². The molecule has 0 saturated carbocycles. The van der Waals surface area contributed by atoms with Crippen molar-refractivity contribution in [3.8, 4) is 0 Å². The molecular weight excluding hydrogens is 250 g/mol. The van der Waals surface area contributed by atoms with Crippen LogP contribution in [0.4, 0.5) is 11.5 Å². The first kappa shape index (κ1) is 12.5. The van der Waals surface area contributed by atoms with Crippen LogP contribution in [0.5, 0.6) is 0 Å². The van der Waals surface area contributed by atoms with Crippen LogP contribution in [0.1, 0.15) is 18.5 Å². The van der Waals surface area contributed by atoms with Gasteiger partial charge in [0.15, 0.2) is 5.82 Å². The lowest BCUT2D eigenvalue weighted by Gasteiger charge is -2.17. The van der Waals surface area contributed by atoms with Crippen LogP contribution in [0.25, 0.3) is 11.0 Å². The van der Waals surface area contributed by atoms with Crippen molar-refractivity contribution in [2.24, 2.45) is 7.05 Å². The number of nitrogens with one attached hydrogen (secondary N) is 1. The number of imidazole rings is 1. The van der Waals surface area contributed by atoms with Crippen molar-refractivity contribution in [1.29, 1.82) is 0 Å². The summed E-state index contributed by atoms with van der Waals surface area (Å²) in [5.74, 6) is 0.777. The Hall–Kier alpha value is -2.56. The number of anilines is 2. The second kappa shape index (κ2) is 4.85. The van der Waals surface area contributed by atoms with Gasteiger partial charge in [-0.1, -0.05) is 18.2 Å². The molecule has 2 heterocycles. The number of para-hydroxylation sites is 1. The van der Waals surface area contributed by atoms with Crippen molar-refractivity contribution in [1.82, 2.24) is 14.5 Å².